The van der Waals surface area contributed by atoms with Gasteiger partial charge in [-0.15, -0.1) is 0 Å². The molecule has 0 saturated heterocycles. The Bertz CT molecular complexity index is 277. The molecule has 0 unspecified atom stereocenters. The van der Waals surface area contributed by atoms with Gasteiger partial charge in [-0.05, 0) is 6.92 Å². The van der Waals surface area contributed by atoms with Crippen LogP contribution in [0.5, 0.6) is 0 Å². The maximum Gasteiger partial charge on any atom is 0.309 e. The Morgan fingerprint density at radius 2 is 2.27 bits per heavy atom. The van der Waals surface area contributed by atoms with Crippen molar-refractivity contribution in [1.29, 1.82) is 0 Å². The summed E-state index contributed by atoms with van der Waals surface area (Å²) in [6, 6.07) is 0. The number of aliphatic carboxylic acids is 1. The molecule has 0 spiro atoms. The first-order valence-electron chi connectivity index (χ1n) is 3.24. The summed E-state index contributed by atoms with van der Waals surface area (Å²) in [5, 5.41) is 8.42. The minimum atomic E-state index is -0.888. The van der Waals surface area contributed by atoms with Crippen LogP contribution in [-0.4, -0.2) is 16.1 Å². The van der Waals surface area contributed by atoms with Crippen molar-refractivity contribution in [3.8, 4) is 0 Å². The summed E-state index contributed by atoms with van der Waals surface area (Å²) in [6.45, 7) is 3.40. The molecule has 1 heterocycles. The molecule has 4 heteroatoms. The van der Waals surface area contributed by atoms with Gasteiger partial charge in [0.2, 0.25) is 0 Å². The van der Waals surface area contributed by atoms with Gasteiger partial charge < -0.3 is 9.52 Å². The summed E-state index contributed by atoms with van der Waals surface area (Å²) < 4.78 is 5.04. The highest BCUT2D eigenvalue weighted by atomic mass is 16.4. The Hall–Kier alpha value is -1.32. The predicted octanol–water partition coefficient (Wildman–Crippen LogP) is 0.919. The number of carboxylic acid groups (broad SMARTS) is 1. The second-order valence-corrected chi connectivity index (χ2v) is 2.31. The third-order valence-corrected chi connectivity index (χ3v) is 1.32. The smallest absolute Gasteiger partial charge is 0.309 e. The first-order valence-corrected chi connectivity index (χ1v) is 3.24. The fraction of sp³-hybridized carbons (Fsp3) is 0.429. The summed E-state index contributed by atoms with van der Waals surface area (Å²) in [6.07, 6.45) is -0.0663. The number of aryl methyl sites for hydroxylation is 2. The minimum absolute atomic E-state index is 0.0663. The van der Waals surface area contributed by atoms with Crippen molar-refractivity contribution in [3.05, 3.63) is 17.3 Å². The number of hydrogen-bond acceptors (Lipinski definition) is 3. The molecule has 1 rings (SSSR count). The molecule has 0 aliphatic carbocycles. The molecule has 0 bridgehead atoms. The van der Waals surface area contributed by atoms with Crippen LogP contribution in [0.1, 0.15) is 17.3 Å². The molecule has 0 saturated carbocycles. The van der Waals surface area contributed by atoms with E-state index in [-0.39, 0.29) is 6.42 Å². The Kier molecular flexibility index (Phi) is 1.94. The zero-order valence-corrected chi connectivity index (χ0v) is 6.42. The topological polar surface area (TPSA) is 63.3 Å². The standard InChI is InChI=1S/C7H9NO3/c1-4-6(3-7(9)10)8-5(2)11-4/h3H2,1-2H3,(H,9,10). The van der Waals surface area contributed by atoms with Crippen molar-refractivity contribution in [2.75, 3.05) is 0 Å². The van der Waals surface area contributed by atoms with E-state index in [0.717, 1.165) is 0 Å². The Morgan fingerprint density at radius 1 is 1.64 bits per heavy atom. The molecule has 0 atom stereocenters. The molecular weight excluding hydrogens is 146 g/mol. The van der Waals surface area contributed by atoms with Crippen LogP contribution in [0.4, 0.5) is 0 Å². The second-order valence-electron chi connectivity index (χ2n) is 2.31. The largest absolute Gasteiger partial charge is 0.481 e. The van der Waals surface area contributed by atoms with E-state index in [1.165, 1.54) is 0 Å². The monoisotopic (exact) mass is 155 g/mol. The molecule has 0 amide bonds. The molecule has 60 valence electrons. The van der Waals surface area contributed by atoms with Crippen molar-refractivity contribution in [2.45, 2.75) is 20.3 Å². The Balaban J connectivity index is 2.85. The molecule has 4 nitrogen and oxygen atoms in total. The molecule has 1 aromatic rings. The molecule has 0 aliphatic rings. The Labute approximate surface area is 63.9 Å². The van der Waals surface area contributed by atoms with Crippen molar-refractivity contribution in [1.82, 2.24) is 4.98 Å². The minimum Gasteiger partial charge on any atom is -0.481 e. The highest BCUT2D eigenvalue weighted by Crippen LogP contribution is 2.08. The van der Waals surface area contributed by atoms with Crippen molar-refractivity contribution >= 4 is 5.97 Å². The van der Waals surface area contributed by atoms with Gasteiger partial charge in [0.15, 0.2) is 5.89 Å². The number of rotatable bonds is 2. The lowest BCUT2D eigenvalue weighted by Crippen LogP contribution is -2.01. The van der Waals surface area contributed by atoms with Gasteiger partial charge in [0.1, 0.15) is 5.76 Å². The molecule has 1 N–H and O–H groups in total. The lowest BCUT2D eigenvalue weighted by atomic mass is 10.3. The van der Waals surface area contributed by atoms with E-state index in [9.17, 15) is 4.79 Å². The van der Waals surface area contributed by atoms with Crippen molar-refractivity contribution < 1.29 is 14.3 Å². The second kappa shape index (κ2) is 2.74. The van der Waals surface area contributed by atoms with Gasteiger partial charge in [0.05, 0.1) is 12.1 Å². The first-order chi connectivity index (χ1) is 5.09. The average Bonchev–Trinajstić information content (AvgIpc) is 2.09. The number of carbonyl (C=O) groups is 1. The van der Waals surface area contributed by atoms with Gasteiger partial charge >= 0.3 is 5.97 Å². The number of hydrogen-bond donors (Lipinski definition) is 1. The zero-order chi connectivity index (χ0) is 8.43. The van der Waals surface area contributed by atoms with Crippen LogP contribution in [0.3, 0.4) is 0 Å². The quantitative estimate of drug-likeness (QED) is 0.689. The molecule has 0 aromatic carbocycles. The SMILES string of the molecule is Cc1nc(CC(=O)O)c(C)o1. The van der Waals surface area contributed by atoms with E-state index in [1.807, 2.05) is 0 Å². The molecule has 0 radical (unpaired) electrons. The van der Waals surface area contributed by atoms with Crippen molar-refractivity contribution in [3.63, 3.8) is 0 Å². The summed E-state index contributed by atoms with van der Waals surface area (Å²) in [5.41, 5.74) is 0.509. The van der Waals surface area contributed by atoms with E-state index in [0.29, 0.717) is 17.3 Å². The van der Waals surface area contributed by atoms with E-state index in [1.54, 1.807) is 13.8 Å². The lowest BCUT2D eigenvalue weighted by molar-refractivity contribution is -0.136. The number of carboxylic acids is 1. The zero-order valence-electron chi connectivity index (χ0n) is 6.42. The third kappa shape index (κ3) is 1.80. The van der Waals surface area contributed by atoms with Crippen LogP contribution in [0.15, 0.2) is 4.42 Å². The van der Waals surface area contributed by atoms with Crippen LogP contribution in [0.25, 0.3) is 0 Å². The number of aromatic nitrogens is 1. The lowest BCUT2D eigenvalue weighted by Gasteiger charge is -1.88. The molecular formula is C7H9NO3. The maximum absolute atomic E-state index is 10.2. The van der Waals surface area contributed by atoms with Gasteiger partial charge in [-0.3, -0.25) is 4.79 Å². The maximum atomic E-state index is 10.2. The van der Waals surface area contributed by atoms with E-state index >= 15 is 0 Å². The summed E-state index contributed by atoms with van der Waals surface area (Å²) in [7, 11) is 0. The fourth-order valence-corrected chi connectivity index (χ4v) is 0.879. The molecule has 1 aromatic heterocycles. The van der Waals surface area contributed by atoms with Crippen LogP contribution < -0.4 is 0 Å². The summed E-state index contributed by atoms with van der Waals surface area (Å²) in [5.74, 6) is 0.213. The van der Waals surface area contributed by atoms with E-state index < -0.39 is 5.97 Å². The summed E-state index contributed by atoms with van der Waals surface area (Å²) in [4.78, 5) is 14.2. The van der Waals surface area contributed by atoms with Crippen LogP contribution in [-0.2, 0) is 11.2 Å². The van der Waals surface area contributed by atoms with Crippen LogP contribution in [0.2, 0.25) is 0 Å². The normalized spacial score (nSPS) is 10.0. The Morgan fingerprint density at radius 3 is 2.64 bits per heavy atom. The van der Waals surface area contributed by atoms with Crippen molar-refractivity contribution in [2.24, 2.45) is 0 Å². The summed E-state index contributed by atoms with van der Waals surface area (Å²) >= 11 is 0. The predicted molar refractivity (Wildman–Crippen MR) is 37.3 cm³/mol. The van der Waals surface area contributed by atoms with Gasteiger partial charge in [0, 0.05) is 6.92 Å². The van der Waals surface area contributed by atoms with Gasteiger partial charge in [0.25, 0.3) is 0 Å². The van der Waals surface area contributed by atoms with Gasteiger partial charge in [-0.2, -0.15) is 0 Å². The fourth-order valence-electron chi connectivity index (χ4n) is 0.879. The van der Waals surface area contributed by atoms with Gasteiger partial charge in [-0.25, -0.2) is 4.98 Å². The number of oxazole rings is 1. The molecule has 0 fully saturated rings. The highest BCUT2D eigenvalue weighted by molar-refractivity contribution is 5.69. The average molecular weight is 155 g/mol. The van der Waals surface area contributed by atoms with E-state index in [2.05, 4.69) is 4.98 Å². The van der Waals surface area contributed by atoms with Crippen LogP contribution >= 0.6 is 0 Å². The number of nitrogens with zero attached hydrogens (tertiary/aromatic N) is 1. The molecule has 0 aliphatic heterocycles. The van der Waals surface area contributed by atoms with Gasteiger partial charge in [-0.1, -0.05) is 0 Å². The van der Waals surface area contributed by atoms with E-state index in [4.69, 9.17) is 9.52 Å². The first kappa shape index (κ1) is 7.78. The highest BCUT2D eigenvalue weighted by Gasteiger charge is 2.09. The molecule has 11 heavy (non-hydrogen) atoms. The van der Waals surface area contributed by atoms with Crippen LogP contribution in [0, 0.1) is 13.8 Å². The third-order valence-electron chi connectivity index (χ3n) is 1.32.